The molecule has 0 bridgehead atoms. The van der Waals surface area contributed by atoms with E-state index in [0.717, 1.165) is 26.2 Å². The number of halogens is 6. The van der Waals surface area contributed by atoms with Crippen molar-refractivity contribution in [2.75, 3.05) is 0 Å². The van der Waals surface area contributed by atoms with Gasteiger partial charge in [0.25, 0.3) is 0 Å². The number of carbonyl (C=O) groups is 1. The molecule has 9 heteroatoms. The van der Waals surface area contributed by atoms with E-state index in [2.05, 4.69) is 11.3 Å². The fraction of sp³-hybridized carbons (Fsp3) is 0.160. The van der Waals surface area contributed by atoms with Crippen molar-refractivity contribution in [3.8, 4) is 4.90 Å². The molecular formula is C25H17F6O2S+. The molecular weight excluding hydrogens is 478 g/mol. The van der Waals surface area contributed by atoms with Gasteiger partial charge in [0.2, 0.25) is 0 Å². The van der Waals surface area contributed by atoms with Crippen LogP contribution in [0.2, 0.25) is 0 Å². The number of esters is 1. The van der Waals surface area contributed by atoms with E-state index in [1.165, 1.54) is 12.1 Å². The monoisotopic (exact) mass is 495 g/mol. The maximum absolute atomic E-state index is 13.5. The van der Waals surface area contributed by atoms with Crippen LogP contribution in [0.1, 0.15) is 16.8 Å². The molecule has 4 aromatic rings. The molecule has 1 heterocycles. The van der Waals surface area contributed by atoms with E-state index in [4.69, 9.17) is 0 Å². The minimum absolute atomic E-state index is 0.409. The average molecular weight is 495 g/mol. The number of carbonyl (C=O) groups excluding carboxylic acids is 1. The standard InChI is InChI=1S/C25H17F6O2S/c1-2-14-23(24(26,27)28,25(29,30)31)33-22(32)16-8-7-9-17(15-16)34-20-12-5-3-10-18(20)19-11-4-6-13-21(19)34/h2-13,15H,1,14H2/q+1. The zero-order valence-corrected chi connectivity index (χ0v) is 18.2. The molecule has 0 radical (unpaired) electrons. The van der Waals surface area contributed by atoms with Crippen molar-refractivity contribution >= 4 is 36.6 Å². The van der Waals surface area contributed by atoms with Gasteiger partial charge >= 0.3 is 23.9 Å². The Labute approximate surface area is 193 Å². The molecule has 176 valence electrons. The van der Waals surface area contributed by atoms with Crippen molar-refractivity contribution in [2.45, 2.75) is 24.4 Å². The van der Waals surface area contributed by atoms with Gasteiger partial charge in [-0.1, -0.05) is 36.4 Å². The lowest BCUT2D eigenvalue weighted by Crippen LogP contribution is -2.59. The Bertz CT molecular complexity index is 1320. The van der Waals surface area contributed by atoms with Crippen LogP contribution < -0.4 is 0 Å². The molecule has 0 amide bonds. The summed E-state index contributed by atoms with van der Waals surface area (Å²) in [5.74, 6) is -1.72. The van der Waals surface area contributed by atoms with Crippen LogP contribution in [0, 0.1) is 0 Å². The lowest BCUT2D eigenvalue weighted by atomic mass is 9.97. The molecule has 0 atom stereocenters. The number of rotatable bonds is 5. The van der Waals surface area contributed by atoms with Crippen molar-refractivity contribution in [2.24, 2.45) is 0 Å². The molecule has 1 aromatic heterocycles. The van der Waals surface area contributed by atoms with Gasteiger partial charge in [0.05, 0.1) is 5.56 Å². The third-order valence-corrected chi connectivity index (χ3v) is 7.74. The normalized spacial score (nSPS) is 12.8. The number of fused-ring (bicyclic) bond motifs is 3. The van der Waals surface area contributed by atoms with Crippen LogP contribution in [0.3, 0.4) is 0 Å². The van der Waals surface area contributed by atoms with E-state index in [9.17, 15) is 31.1 Å². The fourth-order valence-electron chi connectivity index (χ4n) is 3.83. The summed E-state index contributed by atoms with van der Waals surface area (Å²) in [5.41, 5.74) is -5.10. The molecule has 0 saturated heterocycles. The number of hydrogen-bond donors (Lipinski definition) is 0. The van der Waals surface area contributed by atoms with E-state index in [-0.39, 0.29) is 0 Å². The van der Waals surface area contributed by atoms with E-state index in [1.807, 2.05) is 48.5 Å². The average Bonchev–Trinajstić information content (AvgIpc) is 3.12. The van der Waals surface area contributed by atoms with Gasteiger partial charge in [-0.15, -0.1) is 6.58 Å². The van der Waals surface area contributed by atoms with Crippen LogP contribution in [0.5, 0.6) is 0 Å². The molecule has 0 spiro atoms. The van der Waals surface area contributed by atoms with Crippen molar-refractivity contribution in [1.29, 1.82) is 0 Å². The van der Waals surface area contributed by atoms with Crippen LogP contribution in [0.15, 0.2) is 85.5 Å². The number of benzene rings is 3. The fourth-order valence-corrected chi connectivity index (χ4v) is 6.26. The first-order valence-corrected chi connectivity index (χ1v) is 11.2. The highest BCUT2D eigenvalue weighted by atomic mass is 32.2. The second kappa shape index (κ2) is 8.47. The van der Waals surface area contributed by atoms with E-state index in [1.54, 1.807) is 6.07 Å². The van der Waals surface area contributed by atoms with Crippen LogP contribution in [-0.2, 0) is 4.74 Å². The minimum atomic E-state index is -5.89. The first-order valence-electron chi connectivity index (χ1n) is 10.0. The lowest BCUT2D eigenvalue weighted by Gasteiger charge is -2.35. The molecule has 0 aliphatic rings. The maximum atomic E-state index is 13.5. The Kier molecular flexibility index (Phi) is 5.93. The lowest BCUT2D eigenvalue weighted by molar-refractivity contribution is -0.363. The van der Waals surface area contributed by atoms with Gasteiger partial charge in [-0.25, -0.2) is 4.79 Å². The van der Waals surface area contributed by atoms with E-state index in [0.29, 0.717) is 11.0 Å². The summed E-state index contributed by atoms with van der Waals surface area (Å²) in [7, 11) is -0.696. The Hall–Kier alpha value is -3.33. The van der Waals surface area contributed by atoms with Crippen molar-refractivity contribution in [3.63, 3.8) is 0 Å². The molecule has 0 aliphatic heterocycles. The first-order chi connectivity index (χ1) is 16.0. The number of hydrogen-bond acceptors (Lipinski definition) is 2. The first kappa shape index (κ1) is 23.8. The second-order valence-corrected chi connectivity index (χ2v) is 9.49. The summed E-state index contributed by atoms with van der Waals surface area (Å²) in [6.07, 6.45) is -13.0. The highest BCUT2D eigenvalue weighted by molar-refractivity contribution is 7.50. The van der Waals surface area contributed by atoms with Crippen LogP contribution in [-0.4, -0.2) is 23.9 Å². The van der Waals surface area contributed by atoms with Gasteiger partial charge in [-0.3, -0.25) is 0 Å². The molecule has 0 unspecified atom stereocenters. The summed E-state index contributed by atoms with van der Waals surface area (Å²) in [5, 5.41) is 1.96. The third-order valence-electron chi connectivity index (χ3n) is 5.42. The molecule has 0 aliphatic carbocycles. The SMILES string of the molecule is C=CCC(OC(=O)c1cccc(-[s+]2c3ccccc3c3ccccc32)c1)(C(F)(F)F)C(F)(F)F. The van der Waals surface area contributed by atoms with E-state index >= 15 is 0 Å². The van der Waals surface area contributed by atoms with Crippen LogP contribution in [0.4, 0.5) is 26.3 Å². The molecule has 4 rings (SSSR count). The molecule has 0 N–H and O–H groups in total. The van der Waals surface area contributed by atoms with Gasteiger partial charge in [0.1, 0.15) is 0 Å². The predicted molar refractivity (Wildman–Crippen MR) is 120 cm³/mol. The van der Waals surface area contributed by atoms with Gasteiger partial charge in [0, 0.05) is 33.7 Å². The second-order valence-electron chi connectivity index (χ2n) is 7.53. The molecule has 2 nitrogen and oxygen atoms in total. The molecule has 34 heavy (non-hydrogen) atoms. The molecule has 0 fully saturated rings. The summed E-state index contributed by atoms with van der Waals surface area (Å²) in [6.45, 7) is 2.97. The Morgan fingerprint density at radius 2 is 1.35 bits per heavy atom. The number of ether oxygens (including phenoxy) is 1. The predicted octanol–water partition coefficient (Wildman–Crippen LogP) is 8.33. The Balaban J connectivity index is 1.82. The maximum Gasteiger partial charge on any atom is 0.437 e. The van der Waals surface area contributed by atoms with Gasteiger partial charge in [-0.05, 0) is 36.4 Å². The highest BCUT2D eigenvalue weighted by Crippen LogP contribution is 2.50. The third kappa shape index (κ3) is 3.83. The summed E-state index contributed by atoms with van der Waals surface area (Å²) >= 11 is 0. The topological polar surface area (TPSA) is 26.3 Å². The van der Waals surface area contributed by atoms with Gasteiger partial charge in [-0.2, -0.15) is 26.3 Å². The molecule has 0 saturated carbocycles. The Morgan fingerprint density at radius 3 is 1.85 bits per heavy atom. The number of alkyl halides is 6. The smallest absolute Gasteiger partial charge is 0.435 e. The minimum Gasteiger partial charge on any atom is -0.435 e. The largest absolute Gasteiger partial charge is 0.437 e. The Morgan fingerprint density at radius 1 is 0.824 bits per heavy atom. The zero-order valence-electron chi connectivity index (χ0n) is 17.4. The van der Waals surface area contributed by atoms with Crippen LogP contribution in [0.25, 0.3) is 25.1 Å². The van der Waals surface area contributed by atoms with Crippen molar-refractivity contribution in [3.05, 3.63) is 91.0 Å². The number of thiophene rings is 1. The van der Waals surface area contributed by atoms with E-state index < -0.39 is 46.4 Å². The zero-order chi connectivity index (χ0) is 24.7. The highest BCUT2D eigenvalue weighted by Gasteiger charge is 2.73. The summed E-state index contributed by atoms with van der Waals surface area (Å²) in [4.78, 5) is 13.2. The van der Waals surface area contributed by atoms with Crippen molar-refractivity contribution in [1.82, 2.24) is 0 Å². The van der Waals surface area contributed by atoms with Gasteiger partial charge in [0.15, 0.2) is 14.3 Å². The molecule has 3 aromatic carbocycles. The summed E-state index contributed by atoms with van der Waals surface area (Å²) < 4.78 is 87.4. The van der Waals surface area contributed by atoms with Crippen LogP contribution >= 0.6 is 10.5 Å². The summed E-state index contributed by atoms with van der Waals surface area (Å²) in [6, 6.07) is 20.7. The van der Waals surface area contributed by atoms with Gasteiger partial charge < -0.3 is 4.74 Å². The quantitative estimate of drug-likeness (QED) is 0.120. The van der Waals surface area contributed by atoms with Crippen molar-refractivity contribution < 1.29 is 35.9 Å².